The van der Waals surface area contributed by atoms with Crippen LogP contribution >= 0.6 is 22.9 Å². The van der Waals surface area contributed by atoms with Crippen molar-refractivity contribution in [3.63, 3.8) is 0 Å². The number of ketones is 1. The quantitative estimate of drug-likeness (QED) is 0.799. The molecular weight excluding hydrogens is 284 g/mol. The summed E-state index contributed by atoms with van der Waals surface area (Å²) in [6, 6.07) is 7.06. The number of carbonyl (C=O) groups is 2. The SMILES string of the molecule is O=C(Cl)Cc1ccc2c(c1)C(=O)c1sccc1CO2. The van der Waals surface area contributed by atoms with Gasteiger partial charge in [-0.3, -0.25) is 9.59 Å². The van der Waals surface area contributed by atoms with Gasteiger partial charge in [0.25, 0.3) is 0 Å². The van der Waals surface area contributed by atoms with Crippen molar-refractivity contribution in [3.8, 4) is 5.75 Å². The third-order valence-corrected chi connectivity index (χ3v) is 4.06. The van der Waals surface area contributed by atoms with Crippen LogP contribution in [0.25, 0.3) is 0 Å². The van der Waals surface area contributed by atoms with Crippen LogP contribution in [0.1, 0.15) is 26.4 Å². The molecule has 1 aromatic heterocycles. The molecule has 0 fully saturated rings. The molecule has 1 aliphatic rings. The maximum Gasteiger partial charge on any atom is 0.226 e. The van der Waals surface area contributed by atoms with Crippen molar-refractivity contribution in [2.75, 3.05) is 0 Å². The van der Waals surface area contributed by atoms with Crippen molar-refractivity contribution in [2.24, 2.45) is 0 Å². The third-order valence-electron chi connectivity index (χ3n) is 2.97. The summed E-state index contributed by atoms with van der Waals surface area (Å²) >= 11 is 6.78. The summed E-state index contributed by atoms with van der Waals surface area (Å²) in [4.78, 5) is 24.1. The van der Waals surface area contributed by atoms with Gasteiger partial charge >= 0.3 is 0 Å². The maximum absolute atomic E-state index is 12.4. The van der Waals surface area contributed by atoms with Crippen LogP contribution in [0.5, 0.6) is 5.75 Å². The Bertz CT molecular complexity index is 675. The first-order valence-electron chi connectivity index (χ1n) is 5.70. The minimum absolute atomic E-state index is 0.0543. The van der Waals surface area contributed by atoms with Gasteiger partial charge in [-0.2, -0.15) is 0 Å². The Balaban J connectivity index is 2.07. The highest BCUT2D eigenvalue weighted by molar-refractivity contribution is 7.12. The molecule has 1 aliphatic heterocycles. The second kappa shape index (κ2) is 4.79. The Hall–Kier alpha value is -1.65. The molecule has 96 valence electrons. The summed E-state index contributed by atoms with van der Waals surface area (Å²) in [6.07, 6.45) is 0.111. The van der Waals surface area contributed by atoms with E-state index in [1.54, 1.807) is 18.2 Å². The summed E-state index contributed by atoms with van der Waals surface area (Å²) in [5.74, 6) is 0.501. The van der Waals surface area contributed by atoms with E-state index < -0.39 is 5.24 Å². The Kier molecular flexibility index (Phi) is 3.12. The van der Waals surface area contributed by atoms with Crippen LogP contribution < -0.4 is 4.74 Å². The lowest BCUT2D eigenvalue weighted by molar-refractivity contribution is -0.111. The predicted molar refractivity (Wildman–Crippen MR) is 73.1 cm³/mol. The lowest BCUT2D eigenvalue weighted by Gasteiger charge is -2.07. The molecule has 3 rings (SSSR count). The van der Waals surface area contributed by atoms with Crippen molar-refractivity contribution in [2.45, 2.75) is 13.0 Å². The summed E-state index contributed by atoms with van der Waals surface area (Å²) in [6.45, 7) is 0.394. The molecule has 1 aromatic carbocycles. The van der Waals surface area contributed by atoms with E-state index in [1.165, 1.54) is 11.3 Å². The van der Waals surface area contributed by atoms with Crippen LogP contribution in [-0.2, 0) is 17.8 Å². The molecule has 2 aromatic rings. The number of hydrogen-bond acceptors (Lipinski definition) is 4. The molecule has 0 atom stereocenters. The van der Waals surface area contributed by atoms with Gasteiger partial charge in [0, 0.05) is 12.0 Å². The van der Waals surface area contributed by atoms with Gasteiger partial charge in [-0.25, -0.2) is 0 Å². The summed E-state index contributed by atoms with van der Waals surface area (Å²) in [7, 11) is 0. The average Bonchev–Trinajstić information content (AvgIpc) is 2.79. The molecule has 0 unspecified atom stereocenters. The fourth-order valence-corrected chi connectivity index (χ4v) is 3.10. The van der Waals surface area contributed by atoms with Gasteiger partial charge in [0.1, 0.15) is 12.4 Å². The van der Waals surface area contributed by atoms with Crippen LogP contribution in [0, 0.1) is 0 Å². The molecule has 19 heavy (non-hydrogen) atoms. The van der Waals surface area contributed by atoms with E-state index in [9.17, 15) is 9.59 Å². The van der Waals surface area contributed by atoms with E-state index >= 15 is 0 Å². The Morgan fingerprint density at radius 2 is 2.21 bits per heavy atom. The fraction of sp³-hybridized carbons (Fsp3) is 0.143. The van der Waals surface area contributed by atoms with Crippen LogP contribution in [0.4, 0.5) is 0 Å². The molecule has 0 radical (unpaired) electrons. The molecule has 0 bridgehead atoms. The first-order chi connectivity index (χ1) is 9.15. The molecule has 0 amide bonds. The average molecular weight is 293 g/mol. The van der Waals surface area contributed by atoms with Crippen molar-refractivity contribution in [1.82, 2.24) is 0 Å². The van der Waals surface area contributed by atoms with Crippen LogP contribution in [-0.4, -0.2) is 11.0 Å². The molecule has 0 spiro atoms. The van der Waals surface area contributed by atoms with Crippen LogP contribution in [0.2, 0.25) is 0 Å². The van der Waals surface area contributed by atoms with Gasteiger partial charge in [0.2, 0.25) is 11.0 Å². The minimum Gasteiger partial charge on any atom is -0.488 e. The molecule has 0 aliphatic carbocycles. The number of ether oxygens (including phenoxy) is 1. The normalized spacial score (nSPS) is 13.2. The zero-order valence-corrected chi connectivity index (χ0v) is 11.4. The molecular formula is C14H9ClO3S. The van der Waals surface area contributed by atoms with Crippen molar-refractivity contribution in [1.29, 1.82) is 0 Å². The maximum atomic E-state index is 12.4. The Morgan fingerprint density at radius 1 is 1.37 bits per heavy atom. The van der Waals surface area contributed by atoms with Crippen molar-refractivity contribution < 1.29 is 14.3 Å². The second-order valence-corrected chi connectivity index (χ2v) is 5.59. The van der Waals surface area contributed by atoms with E-state index in [2.05, 4.69) is 0 Å². The number of hydrogen-bond donors (Lipinski definition) is 0. The highest BCUT2D eigenvalue weighted by Crippen LogP contribution is 2.31. The standard InChI is InChI=1S/C14H9ClO3S/c15-12(16)6-8-1-2-11-10(5-8)13(17)14-9(7-18-11)3-4-19-14/h1-5H,6-7H2. The Labute approximate surface area is 118 Å². The minimum atomic E-state index is -0.446. The van der Waals surface area contributed by atoms with Gasteiger partial charge in [-0.05, 0) is 40.7 Å². The fourth-order valence-electron chi connectivity index (χ4n) is 2.08. The number of rotatable bonds is 2. The highest BCUT2D eigenvalue weighted by atomic mass is 35.5. The number of benzene rings is 1. The van der Waals surface area contributed by atoms with E-state index in [4.69, 9.17) is 16.3 Å². The van der Waals surface area contributed by atoms with Gasteiger partial charge in [0.05, 0.1) is 10.4 Å². The lowest BCUT2D eigenvalue weighted by Crippen LogP contribution is -2.02. The van der Waals surface area contributed by atoms with E-state index in [0.717, 1.165) is 11.1 Å². The van der Waals surface area contributed by atoms with Gasteiger partial charge in [0.15, 0.2) is 0 Å². The van der Waals surface area contributed by atoms with E-state index in [-0.39, 0.29) is 12.2 Å². The van der Waals surface area contributed by atoms with Crippen LogP contribution in [0.15, 0.2) is 29.6 Å². The number of halogens is 1. The molecule has 3 nitrogen and oxygen atoms in total. The Morgan fingerprint density at radius 3 is 3.00 bits per heavy atom. The van der Waals surface area contributed by atoms with E-state index in [1.807, 2.05) is 11.4 Å². The molecule has 2 heterocycles. The zero-order chi connectivity index (χ0) is 13.4. The topological polar surface area (TPSA) is 43.4 Å². The third kappa shape index (κ3) is 2.29. The summed E-state index contributed by atoms with van der Waals surface area (Å²) < 4.78 is 5.63. The monoisotopic (exact) mass is 292 g/mol. The zero-order valence-electron chi connectivity index (χ0n) is 9.81. The molecule has 0 N–H and O–H groups in total. The van der Waals surface area contributed by atoms with Crippen molar-refractivity contribution in [3.05, 3.63) is 51.2 Å². The van der Waals surface area contributed by atoms with Gasteiger partial charge < -0.3 is 4.74 Å². The van der Waals surface area contributed by atoms with Crippen LogP contribution in [0.3, 0.4) is 0 Å². The first-order valence-corrected chi connectivity index (χ1v) is 6.96. The second-order valence-electron chi connectivity index (χ2n) is 4.26. The van der Waals surface area contributed by atoms with Gasteiger partial charge in [-0.1, -0.05) is 6.07 Å². The van der Waals surface area contributed by atoms with Crippen molar-refractivity contribution >= 4 is 34.0 Å². The first kappa shape index (κ1) is 12.4. The van der Waals surface area contributed by atoms with E-state index in [0.29, 0.717) is 22.8 Å². The lowest BCUT2D eigenvalue weighted by atomic mass is 10.0. The molecule has 0 saturated carbocycles. The number of thiophene rings is 1. The molecule has 5 heteroatoms. The van der Waals surface area contributed by atoms with Gasteiger partial charge in [-0.15, -0.1) is 11.3 Å². The number of fused-ring (bicyclic) bond motifs is 2. The molecule has 0 saturated heterocycles. The number of carbonyl (C=O) groups excluding carboxylic acids is 2. The highest BCUT2D eigenvalue weighted by Gasteiger charge is 2.23. The smallest absolute Gasteiger partial charge is 0.226 e. The predicted octanol–water partition coefficient (Wildman–Crippen LogP) is 3.18. The largest absolute Gasteiger partial charge is 0.488 e. The summed E-state index contributed by atoms with van der Waals surface area (Å²) in [5.41, 5.74) is 2.12. The summed E-state index contributed by atoms with van der Waals surface area (Å²) in [5, 5.41) is 1.43.